The van der Waals surface area contributed by atoms with Crippen molar-refractivity contribution in [2.75, 3.05) is 6.54 Å². The first-order valence-electron chi connectivity index (χ1n) is 7.51. The second kappa shape index (κ2) is 8.66. The molecule has 0 fully saturated rings. The lowest BCUT2D eigenvalue weighted by Gasteiger charge is -2.14. The lowest BCUT2D eigenvalue weighted by Crippen LogP contribution is -2.34. The molecule has 1 atom stereocenters. The number of sulfonamides is 1. The lowest BCUT2D eigenvalue weighted by molar-refractivity contribution is -0.387. The third-order valence-corrected chi connectivity index (χ3v) is 5.63. The number of benzene rings is 2. The number of carbonyl (C=O) groups is 1. The summed E-state index contributed by atoms with van der Waals surface area (Å²) >= 11 is 11.5. The third kappa shape index (κ3) is 5.64. The van der Waals surface area contributed by atoms with Crippen LogP contribution in [-0.4, -0.2) is 31.0 Å². The predicted molar refractivity (Wildman–Crippen MR) is 99.6 cm³/mol. The number of nitrogens with one attached hydrogen (secondary N) is 1. The van der Waals surface area contributed by atoms with Gasteiger partial charge in [0.25, 0.3) is 5.69 Å². The SMILES string of the molecule is O=C(O)C(CNS(=O)(=O)c1ccc(Cl)cc1[N+](=O)[O-])Cc1ccc(Cl)cc1. The summed E-state index contributed by atoms with van der Waals surface area (Å²) in [6.07, 6.45) is 0.0533. The van der Waals surface area contributed by atoms with E-state index in [4.69, 9.17) is 23.2 Å². The molecule has 8 nitrogen and oxygen atoms in total. The largest absolute Gasteiger partial charge is 0.481 e. The topological polar surface area (TPSA) is 127 Å². The molecule has 0 aliphatic carbocycles. The molecule has 2 aromatic carbocycles. The van der Waals surface area contributed by atoms with Gasteiger partial charge >= 0.3 is 5.97 Å². The number of carboxylic acid groups (broad SMARTS) is 1. The van der Waals surface area contributed by atoms with E-state index in [1.165, 1.54) is 6.07 Å². The normalized spacial score (nSPS) is 12.5. The van der Waals surface area contributed by atoms with E-state index in [1.807, 2.05) is 0 Å². The summed E-state index contributed by atoms with van der Waals surface area (Å²) in [4.78, 5) is 21.1. The van der Waals surface area contributed by atoms with Crippen molar-refractivity contribution in [3.8, 4) is 0 Å². The Hall–Kier alpha value is -2.20. The maximum atomic E-state index is 12.4. The van der Waals surface area contributed by atoms with Crippen LogP contribution in [0.2, 0.25) is 10.0 Å². The van der Waals surface area contributed by atoms with Crippen molar-refractivity contribution < 1.29 is 23.2 Å². The number of nitrogens with zero attached hydrogens (tertiary/aromatic N) is 1. The van der Waals surface area contributed by atoms with E-state index in [9.17, 15) is 28.4 Å². The Bertz CT molecular complexity index is 963. The molecule has 0 heterocycles. The van der Waals surface area contributed by atoms with Gasteiger partial charge in [-0.1, -0.05) is 35.3 Å². The van der Waals surface area contributed by atoms with Crippen LogP contribution >= 0.6 is 23.2 Å². The molecule has 144 valence electrons. The molecule has 0 aliphatic heterocycles. The summed E-state index contributed by atoms with van der Waals surface area (Å²) < 4.78 is 27.0. The van der Waals surface area contributed by atoms with E-state index in [0.717, 1.165) is 12.1 Å². The fraction of sp³-hybridized carbons (Fsp3) is 0.188. The molecule has 2 N–H and O–H groups in total. The highest BCUT2D eigenvalue weighted by atomic mass is 35.5. The van der Waals surface area contributed by atoms with Gasteiger partial charge in [-0.15, -0.1) is 0 Å². The highest BCUT2D eigenvalue weighted by molar-refractivity contribution is 7.89. The second-order valence-corrected chi connectivity index (χ2v) is 8.20. The summed E-state index contributed by atoms with van der Waals surface area (Å²) in [5.74, 6) is -2.29. The molecular weight excluding hydrogens is 419 g/mol. The van der Waals surface area contributed by atoms with Crippen molar-refractivity contribution in [1.82, 2.24) is 4.72 Å². The van der Waals surface area contributed by atoms with Gasteiger partial charge in [-0.2, -0.15) is 0 Å². The van der Waals surface area contributed by atoms with Crippen LogP contribution in [0.3, 0.4) is 0 Å². The minimum Gasteiger partial charge on any atom is -0.481 e. The van der Waals surface area contributed by atoms with Gasteiger partial charge in [-0.05, 0) is 36.2 Å². The van der Waals surface area contributed by atoms with Crippen molar-refractivity contribution in [3.05, 3.63) is 68.2 Å². The summed E-state index contributed by atoms with van der Waals surface area (Å²) in [5.41, 5.74) is -0.0388. The summed E-state index contributed by atoms with van der Waals surface area (Å²) in [6.45, 7) is -0.444. The highest BCUT2D eigenvalue weighted by Crippen LogP contribution is 2.27. The number of carboxylic acids is 1. The molecule has 27 heavy (non-hydrogen) atoms. The van der Waals surface area contributed by atoms with Gasteiger partial charge in [0.15, 0.2) is 4.90 Å². The molecular formula is C16H14Cl2N2O6S. The van der Waals surface area contributed by atoms with Crippen LogP contribution in [0.5, 0.6) is 0 Å². The second-order valence-electron chi connectivity index (χ2n) is 5.59. The van der Waals surface area contributed by atoms with Crippen LogP contribution < -0.4 is 4.72 Å². The zero-order chi connectivity index (χ0) is 20.2. The smallest absolute Gasteiger partial charge is 0.308 e. The number of hydrogen-bond donors (Lipinski definition) is 2. The predicted octanol–water partition coefficient (Wildman–Crippen LogP) is 3.12. The third-order valence-electron chi connectivity index (χ3n) is 3.67. The molecule has 11 heteroatoms. The van der Waals surface area contributed by atoms with Gasteiger partial charge in [-0.3, -0.25) is 14.9 Å². The van der Waals surface area contributed by atoms with E-state index in [0.29, 0.717) is 10.6 Å². The Labute approximate surface area is 164 Å². The fourth-order valence-corrected chi connectivity index (χ4v) is 3.82. The Morgan fingerprint density at radius 2 is 1.74 bits per heavy atom. The minimum atomic E-state index is -4.32. The zero-order valence-electron chi connectivity index (χ0n) is 13.6. The van der Waals surface area contributed by atoms with Gasteiger partial charge in [0.05, 0.1) is 10.8 Å². The van der Waals surface area contributed by atoms with Gasteiger partial charge in [0.2, 0.25) is 10.0 Å². The van der Waals surface area contributed by atoms with E-state index in [1.54, 1.807) is 24.3 Å². The van der Waals surface area contributed by atoms with Crippen LogP contribution in [0, 0.1) is 16.0 Å². The average Bonchev–Trinajstić information content (AvgIpc) is 2.59. The van der Waals surface area contributed by atoms with E-state index in [2.05, 4.69) is 4.72 Å². The molecule has 0 bridgehead atoms. The molecule has 2 aromatic rings. The van der Waals surface area contributed by atoms with Crippen LogP contribution in [-0.2, 0) is 21.2 Å². The number of rotatable bonds is 8. The number of aliphatic carboxylic acids is 1. The summed E-state index contributed by atoms with van der Waals surface area (Å²) in [5, 5.41) is 20.9. The van der Waals surface area contributed by atoms with Crippen molar-refractivity contribution in [1.29, 1.82) is 0 Å². The molecule has 0 saturated carbocycles. The monoisotopic (exact) mass is 432 g/mol. The number of hydrogen-bond acceptors (Lipinski definition) is 5. The van der Waals surface area contributed by atoms with Crippen LogP contribution in [0.15, 0.2) is 47.4 Å². The number of halogens is 2. The lowest BCUT2D eigenvalue weighted by atomic mass is 10.00. The van der Waals surface area contributed by atoms with Crippen molar-refractivity contribution in [2.24, 2.45) is 5.92 Å². The Kier molecular flexibility index (Phi) is 6.77. The summed E-state index contributed by atoms with van der Waals surface area (Å²) in [6, 6.07) is 9.57. The Morgan fingerprint density at radius 3 is 2.30 bits per heavy atom. The molecule has 0 radical (unpaired) electrons. The van der Waals surface area contributed by atoms with E-state index >= 15 is 0 Å². The maximum absolute atomic E-state index is 12.4. The first-order chi connectivity index (χ1) is 12.6. The molecule has 1 unspecified atom stereocenters. The van der Waals surface area contributed by atoms with Gasteiger partial charge in [0, 0.05) is 22.7 Å². The van der Waals surface area contributed by atoms with Crippen molar-refractivity contribution in [2.45, 2.75) is 11.3 Å². The number of nitro benzene ring substituents is 1. The summed E-state index contributed by atoms with van der Waals surface area (Å²) in [7, 11) is -4.32. The standard InChI is InChI=1S/C16H14Cl2N2O6S/c17-12-3-1-10(2-4-12)7-11(16(21)22)9-19-27(25,26)15-6-5-13(18)8-14(15)20(23)24/h1-6,8,11,19H,7,9H2,(H,21,22). The molecule has 0 aromatic heterocycles. The quantitative estimate of drug-likeness (QED) is 0.487. The Balaban J connectivity index is 2.20. The highest BCUT2D eigenvalue weighted by Gasteiger charge is 2.28. The van der Waals surface area contributed by atoms with Crippen molar-refractivity contribution in [3.63, 3.8) is 0 Å². The molecule has 0 amide bonds. The maximum Gasteiger partial charge on any atom is 0.308 e. The first kappa shape index (κ1) is 21.1. The molecule has 0 saturated heterocycles. The fourth-order valence-electron chi connectivity index (χ4n) is 2.30. The van der Waals surface area contributed by atoms with Crippen molar-refractivity contribution >= 4 is 44.9 Å². The van der Waals surface area contributed by atoms with Gasteiger partial charge in [0.1, 0.15) is 0 Å². The van der Waals surface area contributed by atoms with Gasteiger partial charge in [-0.25, -0.2) is 13.1 Å². The minimum absolute atomic E-state index is 0.00630. The number of nitro groups is 1. The van der Waals surface area contributed by atoms with Crippen LogP contribution in [0.1, 0.15) is 5.56 Å². The average molecular weight is 433 g/mol. The van der Waals surface area contributed by atoms with Crippen LogP contribution in [0.4, 0.5) is 5.69 Å². The van der Waals surface area contributed by atoms with Crippen LogP contribution in [0.25, 0.3) is 0 Å². The van der Waals surface area contributed by atoms with E-state index < -0.39 is 44.0 Å². The first-order valence-corrected chi connectivity index (χ1v) is 9.75. The molecule has 0 aliphatic rings. The molecule has 0 spiro atoms. The Morgan fingerprint density at radius 1 is 1.15 bits per heavy atom. The molecule has 2 rings (SSSR count). The van der Waals surface area contributed by atoms with Gasteiger partial charge < -0.3 is 5.11 Å². The zero-order valence-corrected chi connectivity index (χ0v) is 16.0. The van der Waals surface area contributed by atoms with E-state index in [-0.39, 0.29) is 11.4 Å².